The standard InChI is InChI=1S/C12H10S.ClH/c13-12-8-6-11(7-9-12)10-4-2-1-3-5-10;/h1-9,13H;1H. The molecule has 2 heteroatoms. The molecule has 2 aromatic rings. The van der Waals surface area contributed by atoms with Crippen LogP contribution in [-0.4, -0.2) is 0 Å². The average molecular weight is 223 g/mol. The first-order chi connectivity index (χ1) is 6.36. The molecule has 0 aliphatic rings. The Labute approximate surface area is 95.8 Å². The molecule has 2 rings (SSSR count). The Kier molecular flexibility index (Phi) is 4.05. The molecule has 0 aromatic heterocycles. The molecular weight excluding hydrogens is 212 g/mol. The topological polar surface area (TPSA) is 0 Å². The maximum atomic E-state index is 3.47. The molecule has 0 saturated heterocycles. The van der Waals surface area contributed by atoms with Gasteiger partial charge in [0, 0.05) is 0 Å². The number of benzene rings is 2. The molecule has 0 fully saturated rings. The van der Waals surface area contributed by atoms with Crippen LogP contribution < -0.4 is 12.4 Å². The summed E-state index contributed by atoms with van der Waals surface area (Å²) >= 11 is 3.47. The Hall–Kier alpha value is -0.920. The molecular formula is C12H11ClS. The molecule has 0 saturated carbocycles. The molecule has 0 heterocycles. The largest absolute Gasteiger partial charge is 1.00 e. The number of hydrogen-bond acceptors (Lipinski definition) is 0. The summed E-state index contributed by atoms with van der Waals surface area (Å²) in [7, 11) is 0. The minimum absolute atomic E-state index is 0. The van der Waals surface area contributed by atoms with E-state index in [1.807, 2.05) is 6.07 Å². The molecule has 2 aromatic carbocycles. The fraction of sp³-hybridized carbons (Fsp3) is 0. The third-order valence-electron chi connectivity index (χ3n) is 1.99. The predicted octanol–water partition coefficient (Wildman–Crippen LogP) is -0.272. The minimum Gasteiger partial charge on any atom is -1.00 e. The van der Waals surface area contributed by atoms with Crippen LogP contribution in [0.4, 0.5) is 0 Å². The van der Waals surface area contributed by atoms with Gasteiger partial charge in [0.15, 0.2) is 0 Å². The van der Waals surface area contributed by atoms with E-state index in [4.69, 9.17) is 0 Å². The first-order valence-corrected chi connectivity index (χ1v) is 4.73. The van der Waals surface area contributed by atoms with E-state index in [-0.39, 0.29) is 12.4 Å². The molecule has 0 amide bonds. The van der Waals surface area contributed by atoms with Gasteiger partial charge >= 0.3 is 0 Å². The molecule has 0 nitrogen and oxygen atoms in total. The summed E-state index contributed by atoms with van der Waals surface area (Å²) in [6.45, 7) is 0. The Bertz CT molecular complexity index is 381. The molecule has 72 valence electrons. The van der Waals surface area contributed by atoms with E-state index in [0.717, 1.165) is 4.90 Å². The molecule has 0 atom stereocenters. The predicted molar refractivity (Wildman–Crippen MR) is 60.3 cm³/mol. The fourth-order valence-corrected chi connectivity index (χ4v) is 1.46. The van der Waals surface area contributed by atoms with Gasteiger partial charge < -0.3 is 12.4 Å². The van der Waals surface area contributed by atoms with Crippen molar-refractivity contribution in [3.8, 4) is 11.1 Å². The summed E-state index contributed by atoms with van der Waals surface area (Å²) in [5.74, 6) is 0. The van der Waals surface area contributed by atoms with Crippen molar-refractivity contribution in [2.24, 2.45) is 0 Å². The molecule has 0 N–H and O–H groups in total. The van der Waals surface area contributed by atoms with E-state index < -0.39 is 0 Å². The van der Waals surface area contributed by atoms with E-state index >= 15 is 0 Å². The number of halogens is 1. The van der Waals surface area contributed by atoms with Gasteiger partial charge in [-0.05, 0) is 48.0 Å². The average Bonchev–Trinajstić information content (AvgIpc) is 2.20. The Balaban J connectivity index is 0.000000980. The van der Waals surface area contributed by atoms with Gasteiger partial charge in [-0.25, -0.2) is 0 Å². The van der Waals surface area contributed by atoms with Crippen LogP contribution in [0.3, 0.4) is 0 Å². The highest BCUT2D eigenvalue weighted by molar-refractivity contribution is 7.58. The zero-order valence-electron chi connectivity index (χ0n) is 7.57. The van der Waals surface area contributed by atoms with Crippen LogP contribution in [0.2, 0.25) is 0 Å². The molecule has 0 unspecified atom stereocenters. The quantitative estimate of drug-likeness (QED) is 0.583. The summed E-state index contributed by atoms with van der Waals surface area (Å²) in [5.41, 5.74) is 2.51. The maximum absolute atomic E-state index is 3.47. The van der Waals surface area contributed by atoms with Gasteiger partial charge in [-0.15, -0.1) is 0 Å². The Morgan fingerprint density at radius 1 is 0.643 bits per heavy atom. The first kappa shape index (κ1) is 11.2. The van der Waals surface area contributed by atoms with Crippen LogP contribution >= 0.6 is 0 Å². The second-order valence-corrected chi connectivity index (χ2v) is 3.52. The van der Waals surface area contributed by atoms with Gasteiger partial charge in [0.05, 0.1) is 0 Å². The van der Waals surface area contributed by atoms with Crippen molar-refractivity contribution >= 4 is 12.6 Å². The van der Waals surface area contributed by atoms with Crippen molar-refractivity contribution in [1.29, 1.82) is 0 Å². The minimum atomic E-state index is 0. The van der Waals surface area contributed by atoms with Crippen LogP contribution in [0.25, 0.3) is 11.1 Å². The van der Waals surface area contributed by atoms with Crippen molar-refractivity contribution < 1.29 is 12.4 Å². The molecule has 0 aliphatic carbocycles. The molecule has 0 aliphatic heterocycles. The van der Waals surface area contributed by atoms with Gasteiger partial charge in [0.1, 0.15) is 4.90 Å². The maximum Gasteiger partial charge on any atom is 0.150 e. The van der Waals surface area contributed by atoms with Crippen LogP contribution in [0.1, 0.15) is 0 Å². The third-order valence-corrected chi connectivity index (χ3v) is 2.33. The highest BCUT2D eigenvalue weighted by atomic mass is 35.5. The number of hydrogen-bond donors (Lipinski definition) is 0. The fourth-order valence-electron chi connectivity index (χ4n) is 1.29. The van der Waals surface area contributed by atoms with Gasteiger partial charge in [-0.1, -0.05) is 30.3 Å². The van der Waals surface area contributed by atoms with Crippen LogP contribution in [-0.2, 0) is 12.6 Å². The van der Waals surface area contributed by atoms with E-state index in [2.05, 4.69) is 61.2 Å². The monoisotopic (exact) mass is 222 g/mol. The van der Waals surface area contributed by atoms with Crippen molar-refractivity contribution in [2.45, 2.75) is 4.90 Å². The lowest BCUT2D eigenvalue weighted by Crippen LogP contribution is -3.00. The zero-order chi connectivity index (χ0) is 9.10. The van der Waals surface area contributed by atoms with Gasteiger partial charge in [-0.2, -0.15) is 0 Å². The second kappa shape index (κ2) is 5.08. The zero-order valence-corrected chi connectivity index (χ0v) is 9.33. The second-order valence-electron chi connectivity index (χ2n) is 2.94. The van der Waals surface area contributed by atoms with Crippen LogP contribution in [0.15, 0.2) is 59.5 Å². The molecule has 0 bridgehead atoms. The first-order valence-electron chi connectivity index (χ1n) is 4.23. The van der Waals surface area contributed by atoms with Crippen molar-refractivity contribution in [1.82, 2.24) is 0 Å². The van der Waals surface area contributed by atoms with E-state index in [9.17, 15) is 0 Å². The lowest BCUT2D eigenvalue weighted by atomic mass is 10.1. The van der Waals surface area contributed by atoms with Crippen LogP contribution in [0, 0.1) is 0 Å². The Morgan fingerprint density at radius 2 is 1.14 bits per heavy atom. The van der Waals surface area contributed by atoms with Crippen molar-refractivity contribution in [3.63, 3.8) is 0 Å². The van der Waals surface area contributed by atoms with Crippen molar-refractivity contribution in [2.75, 3.05) is 0 Å². The van der Waals surface area contributed by atoms with E-state index in [1.54, 1.807) is 0 Å². The molecule has 0 spiro atoms. The highest BCUT2D eigenvalue weighted by Crippen LogP contribution is 2.18. The van der Waals surface area contributed by atoms with Crippen LogP contribution in [0.5, 0.6) is 0 Å². The number of rotatable bonds is 1. The smallest absolute Gasteiger partial charge is 0.150 e. The summed E-state index contributed by atoms with van der Waals surface area (Å²) in [6.07, 6.45) is 0. The molecule has 14 heavy (non-hydrogen) atoms. The lowest BCUT2D eigenvalue weighted by Gasteiger charge is -1.99. The summed E-state index contributed by atoms with van der Waals surface area (Å²) in [5, 5.41) is 0. The van der Waals surface area contributed by atoms with E-state index in [0.29, 0.717) is 0 Å². The van der Waals surface area contributed by atoms with E-state index in [1.165, 1.54) is 11.1 Å². The Morgan fingerprint density at radius 3 is 1.71 bits per heavy atom. The van der Waals surface area contributed by atoms with Crippen molar-refractivity contribution in [3.05, 3.63) is 54.6 Å². The highest BCUT2D eigenvalue weighted by Gasteiger charge is 1.96. The van der Waals surface area contributed by atoms with Gasteiger partial charge in [-0.3, -0.25) is 0 Å². The summed E-state index contributed by atoms with van der Waals surface area (Å²) < 4.78 is 0. The SMILES string of the molecule is [Cl-].[SH2+]c1ccc(-c2ccccc2)cc1. The summed E-state index contributed by atoms with van der Waals surface area (Å²) in [6, 6.07) is 18.7. The molecule has 0 radical (unpaired) electrons. The summed E-state index contributed by atoms with van der Waals surface area (Å²) in [4.78, 5) is 1.11. The lowest BCUT2D eigenvalue weighted by molar-refractivity contribution is -0.00000244. The normalized spacial score (nSPS) is 9.21. The van der Waals surface area contributed by atoms with Gasteiger partial charge in [0.2, 0.25) is 0 Å². The third kappa shape index (κ3) is 2.53. The van der Waals surface area contributed by atoms with Gasteiger partial charge in [0.25, 0.3) is 0 Å².